The van der Waals surface area contributed by atoms with Crippen LogP contribution in [0.3, 0.4) is 0 Å². The molecule has 0 saturated carbocycles. The summed E-state index contributed by atoms with van der Waals surface area (Å²) in [6, 6.07) is 3.46. The first kappa shape index (κ1) is 9.99. The van der Waals surface area contributed by atoms with Gasteiger partial charge in [-0.2, -0.15) is 0 Å². The molecule has 0 saturated heterocycles. The zero-order valence-corrected chi connectivity index (χ0v) is 8.72. The molecule has 0 aliphatic heterocycles. The minimum atomic E-state index is 0.599. The lowest BCUT2D eigenvalue weighted by atomic mass is 10.2. The molecular weight excluding hydrogens is 188 g/mol. The van der Waals surface area contributed by atoms with Gasteiger partial charge in [0.05, 0.1) is 17.8 Å². The Kier molecular flexibility index (Phi) is 2.88. The van der Waals surface area contributed by atoms with E-state index in [4.69, 9.17) is 22.1 Å². The zero-order chi connectivity index (χ0) is 10.0. The number of rotatable bonds is 2. The van der Waals surface area contributed by atoms with Crippen molar-refractivity contribution in [3.8, 4) is 5.75 Å². The molecule has 1 aromatic carbocycles. The summed E-state index contributed by atoms with van der Waals surface area (Å²) in [6.07, 6.45) is 0. The van der Waals surface area contributed by atoms with Gasteiger partial charge in [0.2, 0.25) is 0 Å². The normalized spacial score (nSPS) is 9.85. The van der Waals surface area contributed by atoms with E-state index in [-0.39, 0.29) is 0 Å². The first-order valence-corrected chi connectivity index (χ1v) is 4.24. The van der Waals surface area contributed by atoms with Crippen molar-refractivity contribution in [3.63, 3.8) is 0 Å². The van der Waals surface area contributed by atoms with Crippen molar-refractivity contribution >= 4 is 23.0 Å². The van der Waals surface area contributed by atoms with Crippen LogP contribution in [-0.4, -0.2) is 21.2 Å². The average molecular weight is 201 g/mol. The summed E-state index contributed by atoms with van der Waals surface area (Å²) in [5.41, 5.74) is 7.07. The second-order valence-corrected chi connectivity index (χ2v) is 3.36. The number of hydrogen-bond acceptors (Lipinski definition) is 3. The number of nitrogens with zero attached hydrogens (tertiary/aromatic N) is 1. The van der Waals surface area contributed by atoms with E-state index in [9.17, 15) is 0 Å². The van der Waals surface area contributed by atoms with Gasteiger partial charge in [-0.25, -0.2) is 0 Å². The van der Waals surface area contributed by atoms with Gasteiger partial charge in [-0.15, -0.1) is 0 Å². The Morgan fingerprint density at radius 2 is 2.00 bits per heavy atom. The Balaban J connectivity index is 3.30. The second-order valence-electron chi connectivity index (χ2n) is 2.95. The molecule has 72 valence electrons. The summed E-state index contributed by atoms with van der Waals surface area (Å²) in [6.45, 7) is 0. The van der Waals surface area contributed by atoms with Crippen molar-refractivity contribution < 1.29 is 4.74 Å². The van der Waals surface area contributed by atoms with E-state index < -0.39 is 0 Å². The molecule has 0 aliphatic carbocycles. The molecule has 0 aromatic heterocycles. The van der Waals surface area contributed by atoms with Gasteiger partial charge in [0.15, 0.2) is 0 Å². The Morgan fingerprint density at radius 1 is 1.38 bits per heavy atom. The van der Waals surface area contributed by atoms with Crippen LogP contribution in [0.25, 0.3) is 0 Å². The van der Waals surface area contributed by atoms with Crippen LogP contribution in [0.15, 0.2) is 12.1 Å². The average Bonchev–Trinajstić information content (AvgIpc) is 2.01. The highest BCUT2D eigenvalue weighted by Gasteiger charge is 2.10. The van der Waals surface area contributed by atoms with E-state index in [0.29, 0.717) is 16.5 Å². The summed E-state index contributed by atoms with van der Waals surface area (Å²) in [7, 11) is 5.40. The van der Waals surface area contributed by atoms with Gasteiger partial charge in [-0.1, -0.05) is 11.6 Å². The molecular formula is C9H13ClN2O. The van der Waals surface area contributed by atoms with Gasteiger partial charge in [0.25, 0.3) is 0 Å². The maximum atomic E-state index is 6.01. The summed E-state index contributed by atoms with van der Waals surface area (Å²) in [5, 5.41) is 0.599. The third kappa shape index (κ3) is 1.98. The Labute approximate surface area is 83.0 Å². The zero-order valence-electron chi connectivity index (χ0n) is 7.97. The maximum Gasteiger partial charge on any atom is 0.145 e. The highest BCUT2D eigenvalue weighted by atomic mass is 35.5. The molecule has 1 aromatic rings. The van der Waals surface area contributed by atoms with E-state index in [0.717, 1.165) is 5.69 Å². The number of anilines is 2. The van der Waals surface area contributed by atoms with E-state index >= 15 is 0 Å². The van der Waals surface area contributed by atoms with Gasteiger partial charge in [0, 0.05) is 25.8 Å². The quantitative estimate of drug-likeness (QED) is 0.743. The van der Waals surface area contributed by atoms with Crippen molar-refractivity contribution in [3.05, 3.63) is 17.2 Å². The van der Waals surface area contributed by atoms with E-state index in [1.165, 1.54) is 0 Å². The number of nitrogen functional groups attached to an aromatic ring is 1. The third-order valence-electron chi connectivity index (χ3n) is 1.72. The van der Waals surface area contributed by atoms with Crippen molar-refractivity contribution in [2.24, 2.45) is 0 Å². The number of methoxy groups -OCH3 is 1. The number of ether oxygens (including phenoxy) is 1. The molecule has 0 aliphatic rings. The van der Waals surface area contributed by atoms with Gasteiger partial charge in [-0.3, -0.25) is 0 Å². The minimum Gasteiger partial charge on any atom is -0.494 e. The fourth-order valence-electron chi connectivity index (χ4n) is 1.18. The molecule has 0 amide bonds. The first-order chi connectivity index (χ1) is 6.06. The maximum absolute atomic E-state index is 6.01. The molecule has 1 rings (SSSR count). The monoisotopic (exact) mass is 200 g/mol. The molecule has 4 heteroatoms. The van der Waals surface area contributed by atoms with Crippen LogP contribution in [-0.2, 0) is 0 Å². The topological polar surface area (TPSA) is 38.5 Å². The second kappa shape index (κ2) is 3.75. The fourth-order valence-corrected chi connectivity index (χ4v) is 1.57. The molecule has 0 spiro atoms. The van der Waals surface area contributed by atoms with Crippen LogP contribution in [0.4, 0.5) is 11.4 Å². The van der Waals surface area contributed by atoms with Gasteiger partial charge in [0.1, 0.15) is 5.75 Å². The van der Waals surface area contributed by atoms with Gasteiger partial charge in [-0.05, 0) is 6.07 Å². The number of halogens is 1. The van der Waals surface area contributed by atoms with Crippen molar-refractivity contribution in [1.29, 1.82) is 0 Å². The first-order valence-electron chi connectivity index (χ1n) is 3.86. The molecule has 0 radical (unpaired) electrons. The number of benzene rings is 1. The molecule has 0 unspecified atom stereocenters. The molecule has 2 N–H and O–H groups in total. The van der Waals surface area contributed by atoms with Crippen LogP contribution >= 0.6 is 11.6 Å². The predicted octanol–water partition coefficient (Wildman–Crippen LogP) is 2.00. The molecule has 0 atom stereocenters. The van der Waals surface area contributed by atoms with Gasteiger partial charge < -0.3 is 15.4 Å². The van der Waals surface area contributed by atoms with E-state index in [1.807, 2.05) is 19.0 Å². The Hall–Kier alpha value is -1.09. The molecule has 0 bridgehead atoms. The number of hydrogen-bond donors (Lipinski definition) is 1. The molecule has 0 fully saturated rings. The summed E-state index contributed by atoms with van der Waals surface area (Å²) >= 11 is 6.01. The summed E-state index contributed by atoms with van der Waals surface area (Å²) in [4.78, 5) is 1.89. The predicted molar refractivity (Wildman–Crippen MR) is 56.7 cm³/mol. The third-order valence-corrected chi connectivity index (χ3v) is 2.01. The molecule has 3 nitrogen and oxygen atoms in total. The Bertz CT molecular complexity index is 313. The lowest BCUT2D eigenvalue weighted by Crippen LogP contribution is -2.11. The van der Waals surface area contributed by atoms with Crippen LogP contribution < -0.4 is 15.4 Å². The number of nitrogens with two attached hydrogens (primary N) is 1. The molecule has 13 heavy (non-hydrogen) atoms. The highest BCUT2D eigenvalue weighted by molar-refractivity contribution is 6.34. The summed E-state index contributed by atoms with van der Waals surface area (Å²) < 4.78 is 5.16. The Morgan fingerprint density at radius 3 is 2.46 bits per heavy atom. The van der Waals surface area contributed by atoms with Crippen LogP contribution in [0.5, 0.6) is 5.75 Å². The largest absolute Gasteiger partial charge is 0.494 e. The SMILES string of the molecule is COc1cc(N)cc(Cl)c1N(C)C. The van der Waals surface area contributed by atoms with Crippen molar-refractivity contribution in [1.82, 2.24) is 0 Å². The lowest BCUT2D eigenvalue weighted by Gasteiger charge is -2.18. The van der Waals surface area contributed by atoms with Crippen LogP contribution in [0, 0.1) is 0 Å². The standard InChI is InChI=1S/C9H13ClN2O/c1-12(2)9-7(10)4-6(11)5-8(9)13-3/h4-5H,11H2,1-3H3. The van der Waals surface area contributed by atoms with E-state index in [1.54, 1.807) is 19.2 Å². The van der Waals surface area contributed by atoms with Crippen molar-refractivity contribution in [2.75, 3.05) is 31.8 Å². The molecule has 0 heterocycles. The summed E-state index contributed by atoms with van der Waals surface area (Å²) in [5.74, 6) is 0.690. The minimum absolute atomic E-state index is 0.599. The van der Waals surface area contributed by atoms with Crippen molar-refractivity contribution in [2.45, 2.75) is 0 Å². The van der Waals surface area contributed by atoms with E-state index in [2.05, 4.69) is 0 Å². The highest BCUT2D eigenvalue weighted by Crippen LogP contribution is 2.36. The lowest BCUT2D eigenvalue weighted by molar-refractivity contribution is 0.415. The van der Waals surface area contributed by atoms with Crippen LogP contribution in [0.1, 0.15) is 0 Å². The fraction of sp³-hybridized carbons (Fsp3) is 0.333. The van der Waals surface area contributed by atoms with Gasteiger partial charge >= 0.3 is 0 Å². The smallest absolute Gasteiger partial charge is 0.145 e. The van der Waals surface area contributed by atoms with Crippen LogP contribution in [0.2, 0.25) is 5.02 Å².